The van der Waals surface area contributed by atoms with Crippen molar-refractivity contribution in [2.45, 2.75) is 12.8 Å². The van der Waals surface area contributed by atoms with E-state index in [9.17, 15) is 4.79 Å². The molecule has 1 amide bonds. The maximum atomic E-state index is 12.4. The van der Waals surface area contributed by atoms with Gasteiger partial charge in [-0.25, -0.2) is 15.0 Å². The van der Waals surface area contributed by atoms with Crippen molar-refractivity contribution in [1.29, 1.82) is 0 Å². The fourth-order valence-corrected chi connectivity index (χ4v) is 4.06. The van der Waals surface area contributed by atoms with Crippen LogP contribution < -0.4 is 15.1 Å². The number of nitrogens with one attached hydrogen (secondary N) is 1. The lowest BCUT2D eigenvalue weighted by Crippen LogP contribution is -2.50. The molecule has 154 valence electrons. The Morgan fingerprint density at radius 3 is 2.52 bits per heavy atom. The van der Waals surface area contributed by atoms with Crippen molar-refractivity contribution in [3.8, 4) is 0 Å². The summed E-state index contributed by atoms with van der Waals surface area (Å²) < 4.78 is 0. The predicted octanol–water partition coefficient (Wildman–Crippen LogP) is 1.03. The van der Waals surface area contributed by atoms with Crippen LogP contribution in [0.5, 0.6) is 0 Å². The van der Waals surface area contributed by atoms with Gasteiger partial charge in [-0.15, -0.1) is 0 Å². The van der Waals surface area contributed by atoms with Gasteiger partial charge in [-0.05, 0) is 37.0 Å². The number of hydrogen-bond acceptors (Lipinski definition) is 7. The average molecular weight is 396 g/mol. The van der Waals surface area contributed by atoms with E-state index in [1.54, 1.807) is 12.4 Å². The molecule has 0 spiro atoms. The molecule has 0 aromatic carbocycles. The number of piperidine rings is 1. The van der Waals surface area contributed by atoms with Crippen LogP contribution in [-0.2, 0) is 4.79 Å². The second-order valence-electron chi connectivity index (χ2n) is 7.76. The van der Waals surface area contributed by atoms with Gasteiger partial charge in [0.25, 0.3) is 0 Å². The summed E-state index contributed by atoms with van der Waals surface area (Å²) in [6.07, 6.45) is 7.66. The van der Waals surface area contributed by atoms with Crippen molar-refractivity contribution in [2.24, 2.45) is 5.92 Å². The van der Waals surface area contributed by atoms with Gasteiger partial charge in [-0.1, -0.05) is 6.07 Å². The van der Waals surface area contributed by atoms with E-state index in [2.05, 4.69) is 41.0 Å². The van der Waals surface area contributed by atoms with Crippen molar-refractivity contribution < 1.29 is 4.79 Å². The highest BCUT2D eigenvalue weighted by Crippen LogP contribution is 2.20. The minimum Gasteiger partial charge on any atom is -0.356 e. The molecule has 8 nitrogen and oxygen atoms in total. The molecule has 0 saturated carbocycles. The van der Waals surface area contributed by atoms with Crippen LogP contribution in [0.4, 0.5) is 11.8 Å². The Kier molecular flexibility index (Phi) is 6.51. The van der Waals surface area contributed by atoms with Gasteiger partial charge in [0.15, 0.2) is 0 Å². The number of hydrogen-bond donors (Lipinski definition) is 1. The number of aromatic nitrogens is 3. The third kappa shape index (κ3) is 5.41. The first kappa shape index (κ1) is 19.6. The lowest BCUT2D eigenvalue weighted by molar-refractivity contribution is -0.122. The minimum atomic E-state index is 0.115. The molecule has 1 atom stereocenters. The van der Waals surface area contributed by atoms with Crippen molar-refractivity contribution >= 4 is 17.7 Å². The van der Waals surface area contributed by atoms with Gasteiger partial charge in [0, 0.05) is 64.4 Å². The molecule has 2 aliphatic heterocycles. The zero-order valence-electron chi connectivity index (χ0n) is 16.8. The quantitative estimate of drug-likeness (QED) is 0.783. The largest absolute Gasteiger partial charge is 0.356 e. The summed E-state index contributed by atoms with van der Waals surface area (Å²) in [6.45, 7) is 6.58. The summed E-state index contributed by atoms with van der Waals surface area (Å²) in [5, 5.41) is 3.15. The van der Waals surface area contributed by atoms with Crippen molar-refractivity contribution in [3.05, 3.63) is 42.9 Å². The molecule has 0 bridgehead atoms. The molecular weight excluding hydrogens is 366 g/mol. The number of anilines is 2. The third-order valence-electron chi connectivity index (χ3n) is 5.65. The molecule has 0 unspecified atom stereocenters. The number of rotatable bonds is 6. The Hall–Kier alpha value is -2.74. The van der Waals surface area contributed by atoms with Crippen LogP contribution in [0.25, 0.3) is 0 Å². The van der Waals surface area contributed by atoms with Crippen molar-refractivity contribution in [2.75, 3.05) is 62.2 Å². The maximum absolute atomic E-state index is 12.4. The van der Waals surface area contributed by atoms with E-state index >= 15 is 0 Å². The molecule has 1 N–H and O–H groups in total. The number of carbonyl (C=O) groups excluding carboxylic acids is 1. The Morgan fingerprint density at radius 2 is 1.76 bits per heavy atom. The Morgan fingerprint density at radius 1 is 0.966 bits per heavy atom. The monoisotopic (exact) mass is 395 g/mol. The zero-order chi connectivity index (χ0) is 19.9. The van der Waals surface area contributed by atoms with Gasteiger partial charge < -0.3 is 15.1 Å². The van der Waals surface area contributed by atoms with Crippen LogP contribution in [0, 0.1) is 5.92 Å². The van der Waals surface area contributed by atoms with E-state index < -0.39 is 0 Å². The predicted molar refractivity (Wildman–Crippen MR) is 113 cm³/mol. The molecule has 0 radical (unpaired) electrons. The summed E-state index contributed by atoms with van der Waals surface area (Å²) in [6, 6.07) is 7.85. The summed E-state index contributed by atoms with van der Waals surface area (Å²) in [5.74, 6) is 2.39. The van der Waals surface area contributed by atoms with Gasteiger partial charge in [0.1, 0.15) is 5.82 Å². The molecule has 4 heterocycles. The fourth-order valence-electron chi connectivity index (χ4n) is 4.06. The van der Waals surface area contributed by atoms with E-state index in [0.29, 0.717) is 12.5 Å². The summed E-state index contributed by atoms with van der Waals surface area (Å²) in [5.41, 5.74) is 0. The highest BCUT2D eigenvalue weighted by Gasteiger charge is 2.23. The highest BCUT2D eigenvalue weighted by atomic mass is 16.2. The number of piperazine rings is 1. The number of carbonyl (C=O) groups is 1. The maximum Gasteiger partial charge on any atom is 0.234 e. The van der Waals surface area contributed by atoms with Gasteiger partial charge >= 0.3 is 0 Å². The molecular formula is C21H29N7O. The van der Waals surface area contributed by atoms with Crippen LogP contribution in [0.2, 0.25) is 0 Å². The van der Waals surface area contributed by atoms with E-state index in [1.807, 2.05) is 24.4 Å². The molecule has 2 saturated heterocycles. The Labute approximate surface area is 172 Å². The molecule has 29 heavy (non-hydrogen) atoms. The fraction of sp³-hybridized carbons (Fsp3) is 0.524. The van der Waals surface area contributed by atoms with E-state index in [1.165, 1.54) is 0 Å². The Balaban J connectivity index is 1.18. The minimum absolute atomic E-state index is 0.115. The number of nitrogens with zero attached hydrogens (tertiary/aromatic N) is 6. The molecule has 2 aromatic heterocycles. The molecule has 8 heteroatoms. The normalized spacial score (nSPS) is 20.5. The van der Waals surface area contributed by atoms with Crippen LogP contribution in [0.3, 0.4) is 0 Å². The highest BCUT2D eigenvalue weighted by molar-refractivity contribution is 5.78. The van der Waals surface area contributed by atoms with Gasteiger partial charge in [-0.2, -0.15) is 0 Å². The molecule has 2 aliphatic rings. The topological polar surface area (TPSA) is 77.5 Å². The first-order valence-electron chi connectivity index (χ1n) is 10.4. The van der Waals surface area contributed by atoms with Gasteiger partial charge in [0.2, 0.25) is 11.9 Å². The first-order valence-corrected chi connectivity index (χ1v) is 10.4. The molecule has 0 aliphatic carbocycles. The van der Waals surface area contributed by atoms with Gasteiger partial charge in [0.05, 0.1) is 6.54 Å². The standard InChI is InChI=1S/C21H29N7O/c29-20(17-26-11-13-27(14-12-26)21-23-8-4-9-24-21)25-15-18-5-3-10-28(16-18)19-6-1-2-7-22-19/h1-2,4,6-9,18H,3,5,10-17H2,(H,25,29)/t18-/m0/s1. The molecule has 2 fully saturated rings. The molecule has 4 rings (SSSR count). The van der Waals surface area contributed by atoms with Crippen molar-refractivity contribution in [1.82, 2.24) is 25.2 Å². The SMILES string of the molecule is O=C(CN1CCN(c2ncccn2)CC1)NC[C@@H]1CCCN(c2ccccn2)C1. The summed E-state index contributed by atoms with van der Waals surface area (Å²) in [7, 11) is 0. The van der Waals surface area contributed by atoms with Gasteiger partial charge in [-0.3, -0.25) is 9.69 Å². The van der Waals surface area contributed by atoms with Crippen LogP contribution in [0.1, 0.15) is 12.8 Å². The zero-order valence-corrected chi connectivity index (χ0v) is 16.8. The van der Waals surface area contributed by atoms with E-state index in [0.717, 1.165) is 70.4 Å². The molecule has 2 aromatic rings. The summed E-state index contributed by atoms with van der Waals surface area (Å²) in [4.78, 5) is 32.2. The van der Waals surface area contributed by atoms with E-state index in [4.69, 9.17) is 0 Å². The lowest BCUT2D eigenvalue weighted by atomic mass is 9.98. The van der Waals surface area contributed by atoms with Crippen molar-refractivity contribution in [3.63, 3.8) is 0 Å². The van der Waals surface area contributed by atoms with E-state index in [-0.39, 0.29) is 5.91 Å². The second kappa shape index (κ2) is 9.65. The van der Waals surface area contributed by atoms with Crippen LogP contribution in [0.15, 0.2) is 42.9 Å². The van der Waals surface area contributed by atoms with Crippen LogP contribution >= 0.6 is 0 Å². The summed E-state index contributed by atoms with van der Waals surface area (Å²) >= 11 is 0. The smallest absolute Gasteiger partial charge is 0.234 e. The number of pyridine rings is 1. The Bertz CT molecular complexity index is 765. The first-order chi connectivity index (χ1) is 14.3. The second-order valence-corrected chi connectivity index (χ2v) is 7.76. The third-order valence-corrected chi connectivity index (χ3v) is 5.65. The average Bonchev–Trinajstić information content (AvgIpc) is 2.80. The number of amides is 1. The lowest BCUT2D eigenvalue weighted by Gasteiger charge is -2.35. The van der Waals surface area contributed by atoms with Crippen LogP contribution in [-0.4, -0.2) is 78.1 Å².